The number of aryl methyl sites for hydroxylation is 1. The van der Waals surface area contributed by atoms with Crippen LogP contribution in [-0.4, -0.2) is 53.9 Å². The van der Waals surface area contributed by atoms with Gasteiger partial charge in [-0.3, -0.25) is 14.5 Å². The van der Waals surface area contributed by atoms with Gasteiger partial charge in [0.25, 0.3) is 0 Å². The van der Waals surface area contributed by atoms with E-state index in [-0.39, 0.29) is 23.4 Å². The van der Waals surface area contributed by atoms with E-state index in [4.69, 9.17) is 16.7 Å². The van der Waals surface area contributed by atoms with Gasteiger partial charge in [0.05, 0.1) is 5.56 Å². The molecule has 2 aromatic rings. The molecule has 0 saturated carbocycles. The Kier molecular flexibility index (Phi) is 9.45. The Morgan fingerprint density at radius 3 is 2.18 bits per heavy atom. The van der Waals surface area contributed by atoms with Crippen molar-refractivity contribution in [3.63, 3.8) is 0 Å². The molecule has 0 unspecified atom stereocenters. The van der Waals surface area contributed by atoms with Gasteiger partial charge in [0, 0.05) is 41.2 Å². The van der Waals surface area contributed by atoms with E-state index in [1.54, 1.807) is 32.0 Å². The third-order valence-corrected chi connectivity index (χ3v) is 3.07. The van der Waals surface area contributed by atoms with Gasteiger partial charge in [-0.15, -0.1) is 0 Å². The lowest BCUT2D eigenvalue weighted by atomic mass is 10.2. The highest BCUT2D eigenvalue weighted by Gasteiger charge is 2.08. The molecule has 0 aliphatic rings. The van der Waals surface area contributed by atoms with Gasteiger partial charge < -0.3 is 26.5 Å². The van der Waals surface area contributed by atoms with E-state index < -0.39 is 11.4 Å². The fourth-order valence-electron chi connectivity index (χ4n) is 1.44. The number of nitrogens with two attached hydrogens (primary N) is 2. The summed E-state index contributed by atoms with van der Waals surface area (Å²) in [5, 5.41) is 19.2. The summed E-state index contributed by atoms with van der Waals surface area (Å²) in [4.78, 5) is 36.3. The molecule has 1 amide bonds. The summed E-state index contributed by atoms with van der Waals surface area (Å²) in [5.41, 5.74) is 10.7. The van der Waals surface area contributed by atoms with E-state index in [0.717, 1.165) is 0 Å². The van der Waals surface area contributed by atoms with Gasteiger partial charge in [-0.25, -0.2) is 4.98 Å². The Morgan fingerprint density at radius 1 is 1.29 bits per heavy atom. The molecular weight excluding hydrogens is 366 g/mol. The molecule has 0 spiro atoms. The number of aromatic amines is 2. The quantitative estimate of drug-likeness (QED) is 0.504. The topological polar surface area (TPSA) is 195 Å². The van der Waals surface area contributed by atoms with Crippen LogP contribution in [-0.2, 0) is 4.79 Å². The molecule has 0 atom stereocenters. The van der Waals surface area contributed by atoms with Crippen LogP contribution < -0.4 is 32.0 Å². The van der Waals surface area contributed by atoms with Crippen molar-refractivity contribution in [3.8, 4) is 11.9 Å². The van der Waals surface area contributed by atoms with Crippen LogP contribution in [0.2, 0.25) is 0 Å². The minimum atomic E-state index is -0.613. The van der Waals surface area contributed by atoms with Gasteiger partial charge in [0.2, 0.25) is 11.5 Å². The zero-order valence-electron chi connectivity index (χ0n) is 16.7. The first-order valence-electron chi connectivity index (χ1n) is 7.87. The number of hydrogen-bond donors (Lipinski definition) is 3. The average Bonchev–Trinajstić information content (AvgIpc) is 2.54. The summed E-state index contributed by atoms with van der Waals surface area (Å²) in [6.07, 6.45) is 0. The van der Waals surface area contributed by atoms with Crippen molar-refractivity contribution < 1.29 is 14.9 Å². The average molecular weight is 391 g/mol. The van der Waals surface area contributed by atoms with Crippen molar-refractivity contribution in [2.45, 2.75) is 13.8 Å². The summed E-state index contributed by atoms with van der Waals surface area (Å²) in [7, 11) is 7.11. The number of anilines is 3. The Hall–Kier alpha value is -3.88. The second kappa shape index (κ2) is 11.0. The first-order chi connectivity index (χ1) is 12.9. The zero-order chi connectivity index (χ0) is 22.0. The number of H-pyrrole nitrogens is 2. The number of aromatic nitrogens is 4. The molecule has 28 heavy (non-hydrogen) atoms. The van der Waals surface area contributed by atoms with Crippen LogP contribution in [0, 0.1) is 18.3 Å². The van der Waals surface area contributed by atoms with Crippen LogP contribution in [0.25, 0.3) is 0 Å². The van der Waals surface area contributed by atoms with Crippen LogP contribution in [0.1, 0.15) is 18.1 Å². The standard InChI is InChI=1S/C7H6N2O2.C5H10N6.C4H9NO/c1-4-2-6(10)9-7(11)5(4)3-8;1-11(2)5-9-3(6)8-4(7)10-5;1-4(6)5(2)3/h2H,1H3,(H2,9,10,11);1-2H3,(H4,6,7,8,9,10);1-3H3. The normalized spacial score (nSPS) is 9.04. The molecule has 0 fully saturated rings. The highest BCUT2D eigenvalue weighted by Crippen LogP contribution is 2.09. The molecule has 2 aromatic heterocycles. The number of pyridine rings is 1. The van der Waals surface area contributed by atoms with Crippen LogP contribution in [0.4, 0.5) is 17.8 Å². The van der Waals surface area contributed by atoms with Crippen molar-refractivity contribution in [2.24, 2.45) is 0 Å². The Labute approximate surface area is 162 Å². The van der Waals surface area contributed by atoms with Crippen LogP contribution in [0.5, 0.6) is 5.88 Å². The van der Waals surface area contributed by atoms with Gasteiger partial charge in [0.15, 0.2) is 0 Å². The lowest BCUT2D eigenvalue weighted by Crippen LogP contribution is -2.26. The first kappa shape index (κ1) is 24.1. The molecule has 0 saturated heterocycles. The molecular formula is C16H25N9O3. The fraction of sp³-hybridized carbons (Fsp3) is 0.375. The first-order valence-corrected chi connectivity index (χ1v) is 7.87. The van der Waals surface area contributed by atoms with E-state index in [2.05, 4.69) is 15.0 Å². The summed E-state index contributed by atoms with van der Waals surface area (Å²) >= 11 is 0. The summed E-state index contributed by atoms with van der Waals surface area (Å²) in [5.74, 6) is 0.508. The molecule has 2 heterocycles. The number of nitrogen functional groups attached to an aromatic ring is 2. The zero-order valence-corrected chi connectivity index (χ0v) is 16.7. The van der Waals surface area contributed by atoms with Crippen LogP contribution in [0.15, 0.2) is 10.9 Å². The van der Waals surface area contributed by atoms with Crippen molar-refractivity contribution in [3.05, 3.63) is 27.5 Å². The van der Waals surface area contributed by atoms with Crippen LogP contribution in [0.3, 0.4) is 0 Å². The number of rotatable bonds is 1. The van der Waals surface area contributed by atoms with Gasteiger partial charge in [-0.05, 0) is 18.4 Å². The number of amides is 1. The fourth-order valence-corrected chi connectivity index (χ4v) is 1.44. The molecule has 0 aromatic carbocycles. The second-order valence-corrected chi connectivity index (χ2v) is 5.86. The molecule has 0 bridgehead atoms. The minimum absolute atomic E-state index is 0.00426. The van der Waals surface area contributed by atoms with Crippen molar-refractivity contribution in [1.82, 2.24) is 19.9 Å². The third-order valence-electron chi connectivity index (χ3n) is 3.07. The van der Waals surface area contributed by atoms with E-state index >= 15 is 0 Å². The lowest BCUT2D eigenvalue weighted by molar-refractivity contribution is -0.353. The number of nitriles is 1. The number of carbonyl (C=O) groups excluding carboxylic acids is 1. The van der Waals surface area contributed by atoms with Crippen molar-refractivity contribution in [1.29, 1.82) is 5.26 Å². The van der Waals surface area contributed by atoms with Gasteiger partial charge in [-0.2, -0.15) is 5.26 Å². The smallest absolute Gasteiger partial charge is 0.324 e. The summed E-state index contributed by atoms with van der Waals surface area (Å²) < 4.78 is 0. The highest BCUT2D eigenvalue weighted by atomic mass is 16.3. The second-order valence-electron chi connectivity index (χ2n) is 5.86. The summed E-state index contributed by atoms with van der Waals surface area (Å²) in [6, 6.07) is 2.93. The predicted molar refractivity (Wildman–Crippen MR) is 102 cm³/mol. The maximum Gasteiger partial charge on any atom is 0.324 e. The SMILES string of the molecule is CC(=O)N(C)C.CN(C)c1nc(N)nc(N)[nH+]1.Cc1cc(=O)[nH]c([O-])c1C#N. The predicted octanol–water partition coefficient (Wildman–Crippen LogP) is -1.76. The summed E-state index contributed by atoms with van der Waals surface area (Å²) in [6.45, 7) is 3.08. The number of nitrogens with zero attached hydrogens (tertiary/aromatic N) is 5. The van der Waals surface area contributed by atoms with Gasteiger partial charge in [0.1, 0.15) is 6.07 Å². The van der Waals surface area contributed by atoms with Gasteiger partial charge in [-0.1, -0.05) is 9.97 Å². The molecule has 0 aliphatic carbocycles. The highest BCUT2D eigenvalue weighted by molar-refractivity contribution is 5.72. The lowest BCUT2D eigenvalue weighted by Gasteiger charge is -2.07. The van der Waals surface area contributed by atoms with Crippen molar-refractivity contribution >= 4 is 23.8 Å². The number of carbonyl (C=O) groups is 1. The Bertz CT molecular complexity index is 855. The molecule has 0 aliphatic heterocycles. The van der Waals surface area contributed by atoms with Crippen LogP contribution >= 0.6 is 0 Å². The molecule has 2 rings (SSSR count). The maximum absolute atomic E-state index is 10.8. The monoisotopic (exact) mass is 391 g/mol. The Balaban J connectivity index is 0.000000411. The van der Waals surface area contributed by atoms with Gasteiger partial charge >= 0.3 is 17.8 Å². The number of nitrogens with one attached hydrogen (secondary N) is 2. The maximum atomic E-state index is 10.8. The van der Waals surface area contributed by atoms with E-state index in [9.17, 15) is 14.7 Å². The van der Waals surface area contributed by atoms with E-state index in [1.165, 1.54) is 17.9 Å². The molecule has 12 heteroatoms. The van der Waals surface area contributed by atoms with E-state index in [1.807, 2.05) is 19.1 Å². The molecule has 0 radical (unpaired) electrons. The van der Waals surface area contributed by atoms with E-state index in [0.29, 0.717) is 11.5 Å². The molecule has 152 valence electrons. The minimum Gasteiger partial charge on any atom is -0.859 e. The molecule has 12 nitrogen and oxygen atoms in total. The third kappa shape index (κ3) is 8.48. The Morgan fingerprint density at radius 2 is 1.82 bits per heavy atom. The molecule has 6 N–H and O–H groups in total. The number of hydrogen-bond acceptors (Lipinski definition) is 9. The largest absolute Gasteiger partial charge is 0.859 e. The van der Waals surface area contributed by atoms with Crippen molar-refractivity contribution in [2.75, 3.05) is 44.6 Å².